The van der Waals surface area contributed by atoms with Gasteiger partial charge in [0.2, 0.25) is 23.6 Å². The molecule has 0 saturated carbocycles. The van der Waals surface area contributed by atoms with E-state index in [1.54, 1.807) is 23.0 Å². The zero-order valence-electron chi connectivity index (χ0n) is 23.0. The van der Waals surface area contributed by atoms with Crippen molar-refractivity contribution in [3.05, 3.63) is 0 Å². The predicted molar refractivity (Wildman–Crippen MR) is 151 cm³/mol. The summed E-state index contributed by atoms with van der Waals surface area (Å²) >= 11 is 1.62. The standard InChI is InChI=1S/C24H46IN5O9/c1-2-3-4-5-10-27-23(33)19-29-24(34)20-28-22(32)9-8-21(31)26-11-6-13-35-15-17-37-18-16-36-14-7-12-30-39-38-25/h30H,2-20H2,1H3,(H,26,31)(H,27,33)(H,28,32)(H,29,34). The lowest BCUT2D eigenvalue weighted by atomic mass is 10.2. The van der Waals surface area contributed by atoms with Crippen LogP contribution in [0.5, 0.6) is 0 Å². The lowest BCUT2D eigenvalue weighted by Crippen LogP contribution is -2.42. The molecule has 0 heterocycles. The van der Waals surface area contributed by atoms with Crippen LogP contribution in [0.3, 0.4) is 0 Å². The molecule has 0 aliphatic carbocycles. The molecule has 14 nitrogen and oxygen atoms in total. The molecule has 0 aliphatic rings. The molecule has 0 radical (unpaired) electrons. The van der Waals surface area contributed by atoms with Crippen molar-refractivity contribution in [3.8, 4) is 0 Å². The van der Waals surface area contributed by atoms with Gasteiger partial charge in [-0.05, 0) is 19.3 Å². The van der Waals surface area contributed by atoms with Gasteiger partial charge >= 0.3 is 0 Å². The minimum Gasteiger partial charge on any atom is -0.379 e. The topological polar surface area (TPSA) is 175 Å². The van der Waals surface area contributed by atoms with Crippen molar-refractivity contribution >= 4 is 46.6 Å². The number of rotatable bonds is 28. The smallest absolute Gasteiger partial charge is 0.239 e. The summed E-state index contributed by atoms with van der Waals surface area (Å²) in [5.74, 6) is -1.40. The summed E-state index contributed by atoms with van der Waals surface area (Å²) in [7, 11) is 0. The summed E-state index contributed by atoms with van der Waals surface area (Å²) in [6.45, 7) is 6.31. The highest BCUT2D eigenvalue weighted by Crippen LogP contribution is 1.96. The first-order valence-corrected chi connectivity index (χ1v) is 14.3. The first kappa shape index (κ1) is 37.4. The van der Waals surface area contributed by atoms with Gasteiger partial charge in [-0.3, -0.25) is 19.2 Å². The largest absolute Gasteiger partial charge is 0.379 e. The second-order valence-electron chi connectivity index (χ2n) is 8.40. The summed E-state index contributed by atoms with van der Waals surface area (Å²) in [6.07, 6.45) is 5.62. The third-order valence-corrected chi connectivity index (χ3v) is 5.19. The van der Waals surface area contributed by atoms with Crippen LogP contribution in [0.25, 0.3) is 0 Å². The summed E-state index contributed by atoms with van der Waals surface area (Å²) < 4.78 is 20.6. The minimum atomic E-state index is -0.467. The van der Waals surface area contributed by atoms with Crippen molar-refractivity contribution in [1.82, 2.24) is 26.7 Å². The van der Waals surface area contributed by atoms with Crippen LogP contribution in [-0.2, 0) is 41.6 Å². The van der Waals surface area contributed by atoms with Crippen LogP contribution >= 0.6 is 23.0 Å². The molecule has 0 aromatic rings. The third kappa shape index (κ3) is 29.2. The number of carbonyl (C=O) groups is 4. The fourth-order valence-corrected chi connectivity index (χ4v) is 3.05. The minimum absolute atomic E-state index is 0.0157. The van der Waals surface area contributed by atoms with E-state index in [4.69, 9.17) is 14.2 Å². The van der Waals surface area contributed by atoms with E-state index in [2.05, 4.69) is 41.9 Å². The van der Waals surface area contributed by atoms with Gasteiger partial charge in [-0.2, -0.15) is 5.48 Å². The van der Waals surface area contributed by atoms with Crippen molar-refractivity contribution in [1.29, 1.82) is 0 Å². The number of carbonyl (C=O) groups excluding carboxylic acids is 4. The Balaban J connectivity index is 3.47. The Morgan fingerprint density at radius 2 is 1.05 bits per heavy atom. The molecule has 0 aromatic carbocycles. The normalized spacial score (nSPS) is 10.7. The van der Waals surface area contributed by atoms with Gasteiger partial charge in [0.05, 0.1) is 39.5 Å². The summed E-state index contributed by atoms with van der Waals surface area (Å²) in [5, 5.41) is 10.3. The first-order chi connectivity index (χ1) is 19.0. The zero-order chi connectivity index (χ0) is 28.8. The van der Waals surface area contributed by atoms with Gasteiger partial charge in [-0.15, -0.1) is 8.21 Å². The number of halogens is 1. The van der Waals surface area contributed by atoms with E-state index < -0.39 is 11.8 Å². The van der Waals surface area contributed by atoms with Crippen molar-refractivity contribution in [2.45, 2.75) is 58.3 Å². The molecule has 0 saturated heterocycles. The van der Waals surface area contributed by atoms with Gasteiger partial charge in [-0.1, -0.05) is 26.2 Å². The van der Waals surface area contributed by atoms with Gasteiger partial charge in [0.1, 0.15) is 0 Å². The number of nitrogens with one attached hydrogen (secondary N) is 5. The van der Waals surface area contributed by atoms with Crippen molar-refractivity contribution in [2.75, 3.05) is 72.4 Å². The van der Waals surface area contributed by atoms with Gasteiger partial charge in [-0.25, -0.2) is 0 Å². The number of amides is 4. The van der Waals surface area contributed by atoms with E-state index in [9.17, 15) is 19.2 Å². The van der Waals surface area contributed by atoms with Crippen molar-refractivity contribution in [2.24, 2.45) is 0 Å². The van der Waals surface area contributed by atoms with Gasteiger partial charge in [0, 0.05) is 45.7 Å². The molecule has 0 spiro atoms. The highest BCUT2D eigenvalue weighted by molar-refractivity contribution is 14.1. The predicted octanol–water partition coefficient (Wildman–Crippen LogP) is 0.445. The number of unbranched alkanes of at least 4 members (excludes halogenated alkanes) is 3. The Morgan fingerprint density at radius 3 is 1.67 bits per heavy atom. The molecule has 228 valence electrons. The summed E-state index contributed by atoms with van der Waals surface area (Å²) in [5.41, 5.74) is 2.59. The van der Waals surface area contributed by atoms with Crippen molar-refractivity contribution in [3.63, 3.8) is 0 Å². The Bertz CT molecular complexity index is 647. The molecule has 0 fully saturated rings. The van der Waals surface area contributed by atoms with Crippen LogP contribution in [0.1, 0.15) is 58.3 Å². The third-order valence-electron chi connectivity index (χ3n) is 5.01. The molecule has 5 N–H and O–H groups in total. The maximum atomic E-state index is 11.9. The fourth-order valence-electron chi connectivity index (χ4n) is 2.92. The maximum Gasteiger partial charge on any atom is 0.239 e. The van der Waals surface area contributed by atoms with E-state index in [-0.39, 0.29) is 37.7 Å². The molecule has 0 rings (SSSR count). The number of hydroxylamine groups is 1. The SMILES string of the molecule is CCCCCCNC(=O)CNC(=O)CNC(=O)CCC(=O)NCCCOCCOCCOCCCNOOI. The summed E-state index contributed by atoms with van der Waals surface area (Å²) in [6, 6.07) is 0. The monoisotopic (exact) mass is 675 g/mol. The average molecular weight is 676 g/mol. The van der Waals surface area contributed by atoms with Gasteiger partial charge in [0.25, 0.3) is 0 Å². The Kier molecular flexibility index (Phi) is 28.1. The lowest BCUT2D eigenvalue weighted by Gasteiger charge is -2.09. The molecule has 15 heteroatoms. The Morgan fingerprint density at radius 1 is 0.564 bits per heavy atom. The second-order valence-corrected chi connectivity index (χ2v) is 8.76. The van der Waals surface area contributed by atoms with Crippen LogP contribution in [-0.4, -0.2) is 96.0 Å². The number of hydrogen-bond acceptors (Lipinski definition) is 10. The lowest BCUT2D eigenvalue weighted by molar-refractivity contribution is -0.223. The van der Waals surface area contributed by atoms with Crippen LogP contribution in [0.15, 0.2) is 0 Å². The molecule has 0 bridgehead atoms. The van der Waals surface area contributed by atoms with Crippen LogP contribution in [0.4, 0.5) is 0 Å². The highest BCUT2D eigenvalue weighted by atomic mass is 127. The van der Waals surface area contributed by atoms with E-state index in [1.165, 1.54) is 0 Å². The van der Waals surface area contributed by atoms with Crippen LogP contribution < -0.4 is 26.7 Å². The first-order valence-electron chi connectivity index (χ1n) is 13.5. The van der Waals surface area contributed by atoms with Crippen molar-refractivity contribution < 1.29 is 41.6 Å². The number of hydrogen-bond donors (Lipinski definition) is 5. The number of ether oxygens (including phenoxy) is 3. The molecule has 0 aromatic heterocycles. The molecule has 0 unspecified atom stereocenters. The molecular formula is C24H46IN5O9. The molecular weight excluding hydrogens is 629 g/mol. The average Bonchev–Trinajstić information content (AvgIpc) is 2.93. The molecule has 39 heavy (non-hydrogen) atoms. The molecule has 0 aliphatic heterocycles. The molecule has 0 atom stereocenters. The second kappa shape index (κ2) is 29.4. The molecule has 4 amide bonds. The Hall–Kier alpha value is -1.63. The van der Waals surface area contributed by atoms with Gasteiger partial charge < -0.3 is 35.5 Å². The maximum absolute atomic E-state index is 11.9. The van der Waals surface area contributed by atoms with E-state index in [0.29, 0.717) is 65.7 Å². The summed E-state index contributed by atoms with van der Waals surface area (Å²) in [4.78, 5) is 51.6. The highest BCUT2D eigenvalue weighted by Gasteiger charge is 2.09. The quantitative estimate of drug-likeness (QED) is 0.0339. The van der Waals surface area contributed by atoms with E-state index in [0.717, 1.165) is 32.1 Å². The van der Waals surface area contributed by atoms with Crippen LogP contribution in [0.2, 0.25) is 0 Å². The van der Waals surface area contributed by atoms with Crippen LogP contribution in [0, 0.1) is 0 Å². The van der Waals surface area contributed by atoms with E-state index in [1.807, 2.05) is 0 Å². The van der Waals surface area contributed by atoms with E-state index >= 15 is 0 Å². The zero-order valence-corrected chi connectivity index (χ0v) is 25.1. The Labute approximate surface area is 245 Å². The fraction of sp³-hybridized carbons (Fsp3) is 0.833. The van der Waals surface area contributed by atoms with Gasteiger partial charge in [0.15, 0.2) is 23.0 Å².